The van der Waals surface area contributed by atoms with Gasteiger partial charge in [-0.05, 0) is 111 Å². The summed E-state index contributed by atoms with van der Waals surface area (Å²) in [5, 5.41) is 149. The molecule has 0 radical (unpaired) electrons. The second-order valence-corrected chi connectivity index (χ2v) is 24.3. The molecule has 4 saturated carbocycles. The highest BCUT2D eigenvalue weighted by molar-refractivity contribution is 5.15. The lowest BCUT2D eigenvalue weighted by Crippen LogP contribution is -2.67. The first-order chi connectivity index (χ1) is 35.0. The van der Waals surface area contributed by atoms with E-state index in [0.717, 1.165) is 38.5 Å². The molecule has 9 fully saturated rings. The Balaban J connectivity index is 0.833. The Bertz CT molecular complexity index is 1850. The molecular weight excluding hydrogens is 981 g/mol. The normalized spacial score (nSPS) is 56.0. The fourth-order valence-corrected chi connectivity index (χ4v) is 15.6. The van der Waals surface area contributed by atoms with E-state index in [1.807, 2.05) is 6.92 Å². The lowest BCUT2D eigenvalue weighted by molar-refractivity contribution is -0.390. The van der Waals surface area contributed by atoms with Crippen LogP contribution in [0.5, 0.6) is 0 Å². The zero-order valence-corrected chi connectivity index (χ0v) is 43.1. The highest BCUT2D eigenvalue weighted by Crippen LogP contribution is 2.71. The highest BCUT2D eigenvalue weighted by atomic mass is 16.8. The van der Waals surface area contributed by atoms with Gasteiger partial charge in [-0.15, -0.1) is 0 Å². The van der Waals surface area contributed by atoms with Crippen LogP contribution >= 0.6 is 0 Å². The van der Waals surface area contributed by atoms with Crippen molar-refractivity contribution in [3.05, 3.63) is 0 Å². The van der Waals surface area contributed by atoms with E-state index in [-0.39, 0.29) is 47.2 Å². The van der Waals surface area contributed by atoms with Crippen LogP contribution in [0.1, 0.15) is 98.8 Å². The molecule has 0 aromatic heterocycles. The summed E-state index contributed by atoms with van der Waals surface area (Å²) in [4.78, 5) is 0. The van der Waals surface area contributed by atoms with Crippen LogP contribution in [-0.4, -0.2) is 239 Å². The van der Waals surface area contributed by atoms with Gasteiger partial charge in [-0.1, -0.05) is 27.7 Å². The topological polar surface area (TPSA) is 366 Å². The molecule has 74 heavy (non-hydrogen) atoms. The van der Waals surface area contributed by atoms with E-state index in [9.17, 15) is 71.5 Å². The Kier molecular flexibility index (Phi) is 17.6. The summed E-state index contributed by atoms with van der Waals surface area (Å²) in [5.41, 5.74) is -0.0583. The van der Waals surface area contributed by atoms with Gasteiger partial charge in [-0.25, -0.2) is 0 Å². The van der Waals surface area contributed by atoms with Crippen molar-refractivity contribution < 1.29 is 114 Å². The molecule has 5 saturated heterocycles. The van der Waals surface area contributed by atoms with Crippen molar-refractivity contribution in [1.29, 1.82) is 0 Å². The molecule has 23 nitrogen and oxygen atoms in total. The van der Waals surface area contributed by atoms with Crippen LogP contribution in [0.3, 0.4) is 0 Å². The zero-order valence-electron chi connectivity index (χ0n) is 43.1. The van der Waals surface area contributed by atoms with E-state index < -0.39 is 155 Å². The Morgan fingerprint density at radius 2 is 1.12 bits per heavy atom. The maximum atomic E-state index is 12.1. The number of aliphatic hydroxyl groups excluding tert-OH is 13. The minimum Gasteiger partial charge on any atom is -0.394 e. The zero-order chi connectivity index (χ0) is 53.5. The molecule has 9 aliphatic rings. The first-order valence-electron chi connectivity index (χ1n) is 27.2. The molecule has 14 N–H and O–H groups in total. The lowest BCUT2D eigenvalue weighted by atomic mass is 9.44. The third kappa shape index (κ3) is 10.3. The molecule has 0 aromatic carbocycles. The van der Waals surface area contributed by atoms with E-state index in [1.165, 1.54) is 6.92 Å². The molecule has 4 aliphatic carbocycles. The smallest absolute Gasteiger partial charge is 0.187 e. The summed E-state index contributed by atoms with van der Waals surface area (Å²) in [6.45, 7) is 8.49. The van der Waals surface area contributed by atoms with Crippen LogP contribution in [0.4, 0.5) is 0 Å². The minimum absolute atomic E-state index is 0.0171. The minimum atomic E-state index is -1.85. The van der Waals surface area contributed by atoms with E-state index in [0.29, 0.717) is 43.4 Å². The molecule has 5 aliphatic heterocycles. The van der Waals surface area contributed by atoms with Crippen molar-refractivity contribution in [1.82, 2.24) is 0 Å². The van der Waals surface area contributed by atoms with Crippen LogP contribution < -0.4 is 0 Å². The average molecular weight is 1070 g/mol. The lowest BCUT2D eigenvalue weighted by Gasteiger charge is -2.61. The molecule has 0 spiro atoms. The summed E-state index contributed by atoms with van der Waals surface area (Å²) in [6.07, 6.45) is -22.7. The van der Waals surface area contributed by atoms with Crippen LogP contribution in [0.15, 0.2) is 0 Å². The number of hydrogen-bond acceptors (Lipinski definition) is 23. The third-order valence-electron chi connectivity index (χ3n) is 20.1. The Morgan fingerprint density at radius 1 is 0.554 bits per heavy atom. The summed E-state index contributed by atoms with van der Waals surface area (Å²) in [7, 11) is 0. The Hall–Kier alpha value is -0.920. The quantitative estimate of drug-likeness (QED) is 0.0730. The van der Waals surface area contributed by atoms with Crippen molar-refractivity contribution in [2.24, 2.45) is 52.3 Å². The maximum absolute atomic E-state index is 12.1. The van der Waals surface area contributed by atoms with E-state index in [1.54, 1.807) is 0 Å². The standard InChI is InChI=1S/C51H86O23/c1-20(19-66-45-39(61)37(59)34(56)29(16-52)69-45)8-13-51(65)21(2)32-28(74-51)15-27-25-7-6-23-14-24(9-11-49(23,4)26(25)10-12-50(27,32)5)68-48-44(73-46-40(62)36(58)33(55)22(3)67-46)42(64)43(31(18-54)71-48)72-47-41(63)38(60)35(57)30(17-53)70-47/h20-48,52-65H,6-19H2,1-5H3/t20-,21-,22-,23-,24-,25+,26-,27-,28-,29+,30+,31+,32-,33-,34+,35+,36+,37-,38-,39+,40+,41+,42-,43-,44+,45+,46-,47-,48+,49-,50-,51+/m0/s1. The van der Waals surface area contributed by atoms with Gasteiger partial charge < -0.3 is 114 Å². The van der Waals surface area contributed by atoms with Crippen molar-refractivity contribution in [2.75, 3.05) is 26.4 Å². The largest absolute Gasteiger partial charge is 0.394 e. The number of hydrogen-bond donors (Lipinski definition) is 14. The SMILES string of the molecule is C[C@@H](CC[C@@]1(O)O[C@H]2C[C@H]3[C@@H]4CC[C@H]5C[C@@H](O[C@@H]6O[C@H](CO)[C@H](O[C@@H]7O[C@H](CO)[C@@H](O)[C@H](O)[C@H]7O)[C@H](O)[C@H]6O[C@@H]6O[C@@H](C)[C@H](O)[C@@H](O)[C@H]6O)CC[C@]5(C)[C@H]4CC[C@]3(C)[C@H]2[C@@H]1C)CO[C@@H]1O[C@H](CO)[C@@H](O)[C@H](O)[C@H]1O. The molecule has 0 unspecified atom stereocenters. The van der Waals surface area contributed by atoms with Crippen molar-refractivity contribution in [3.8, 4) is 0 Å². The highest BCUT2D eigenvalue weighted by Gasteiger charge is 2.68. The molecule has 0 amide bonds. The van der Waals surface area contributed by atoms with Crippen LogP contribution in [0.25, 0.3) is 0 Å². The summed E-state index contributed by atoms with van der Waals surface area (Å²) >= 11 is 0. The first kappa shape index (κ1) is 57.8. The molecular formula is C51H86O23. The predicted octanol–water partition coefficient (Wildman–Crippen LogP) is -2.93. The predicted molar refractivity (Wildman–Crippen MR) is 250 cm³/mol. The van der Waals surface area contributed by atoms with Crippen molar-refractivity contribution in [2.45, 2.75) is 240 Å². The molecule has 428 valence electrons. The van der Waals surface area contributed by atoms with Crippen molar-refractivity contribution in [3.63, 3.8) is 0 Å². The van der Waals surface area contributed by atoms with Gasteiger partial charge in [0.15, 0.2) is 30.9 Å². The van der Waals surface area contributed by atoms with Crippen LogP contribution in [0.2, 0.25) is 0 Å². The van der Waals surface area contributed by atoms with Gasteiger partial charge in [0.1, 0.15) is 91.6 Å². The molecule has 9 rings (SSSR count). The summed E-state index contributed by atoms with van der Waals surface area (Å²) < 4.78 is 54.5. The van der Waals surface area contributed by atoms with Crippen LogP contribution in [-0.2, 0) is 42.6 Å². The molecule has 32 atom stereocenters. The van der Waals surface area contributed by atoms with Gasteiger partial charge in [-0.3, -0.25) is 0 Å². The number of aliphatic hydroxyl groups is 14. The molecule has 0 bridgehead atoms. The second kappa shape index (κ2) is 22.6. The molecule has 23 heteroatoms. The Labute approximate surface area is 431 Å². The summed E-state index contributed by atoms with van der Waals surface area (Å²) in [6, 6.07) is 0. The molecule has 5 heterocycles. The third-order valence-corrected chi connectivity index (χ3v) is 20.1. The summed E-state index contributed by atoms with van der Waals surface area (Å²) in [5.74, 6) is 0.202. The van der Waals surface area contributed by atoms with Gasteiger partial charge in [-0.2, -0.15) is 0 Å². The van der Waals surface area contributed by atoms with Crippen molar-refractivity contribution >= 4 is 0 Å². The number of ether oxygens (including phenoxy) is 9. The average Bonchev–Trinajstić information content (AvgIpc) is 3.82. The number of fused-ring (bicyclic) bond motifs is 7. The van der Waals surface area contributed by atoms with Gasteiger partial charge in [0, 0.05) is 12.3 Å². The number of rotatable bonds is 15. The van der Waals surface area contributed by atoms with E-state index in [4.69, 9.17) is 42.6 Å². The Morgan fingerprint density at radius 3 is 1.77 bits per heavy atom. The van der Waals surface area contributed by atoms with Gasteiger partial charge in [0.2, 0.25) is 0 Å². The van der Waals surface area contributed by atoms with E-state index >= 15 is 0 Å². The first-order valence-corrected chi connectivity index (χ1v) is 27.2. The van der Waals surface area contributed by atoms with Gasteiger partial charge >= 0.3 is 0 Å². The fraction of sp³-hybridized carbons (Fsp3) is 1.00. The van der Waals surface area contributed by atoms with Gasteiger partial charge in [0.05, 0.1) is 44.7 Å². The molecule has 0 aromatic rings. The fourth-order valence-electron chi connectivity index (χ4n) is 15.6. The monoisotopic (exact) mass is 1070 g/mol. The van der Waals surface area contributed by atoms with E-state index in [2.05, 4.69) is 20.8 Å². The second-order valence-electron chi connectivity index (χ2n) is 24.3. The van der Waals surface area contributed by atoms with Gasteiger partial charge in [0.25, 0.3) is 0 Å². The maximum Gasteiger partial charge on any atom is 0.187 e. The van der Waals surface area contributed by atoms with Crippen LogP contribution in [0, 0.1) is 52.3 Å².